The van der Waals surface area contributed by atoms with Gasteiger partial charge >= 0.3 is 0 Å². The van der Waals surface area contributed by atoms with E-state index >= 15 is 0 Å². The Hall–Kier alpha value is -2.36. The number of anilines is 2. The van der Waals surface area contributed by atoms with Crippen molar-refractivity contribution >= 4 is 11.4 Å². The summed E-state index contributed by atoms with van der Waals surface area (Å²) in [6.07, 6.45) is 0. The minimum Gasteiger partial charge on any atom is -0.497 e. The van der Waals surface area contributed by atoms with E-state index in [1.54, 1.807) is 7.11 Å². The Morgan fingerprint density at radius 1 is 1.25 bits per heavy atom. The molecule has 0 spiro atoms. The van der Waals surface area contributed by atoms with Gasteiger partial charge in [0.25, 0.3) is 0 Å². The predicted octanol–water partition coefficient (Wildman–Crippen LogP) is 2.68. The second-order valence-electron chi connectivity index (χ2n) is 4.80. The summed E-state index contributed by atoms with van der Waals surface area (Å²) in [5, 5.41) is 0. The zero-order chi connectivity index (χ0) is 13.9. The molecule has 2 aromatic rings. The zero-order valence-corrected chi connectivity index (χ0v) is 11.5. The number of methoxy groups -OCH3 is 1. The molecule has 0 saturated heterocycles. The molecule has 0 unspecified atom stereocenters. The van der Waals surface area contributed by atoms with Crippen LogP contribution in [-0.2, 0) is 6.54 Å². The molecule has 2 N–H and O–H groups in total. The van der Waals surface area contributed by atoms with E-state index in [2.05, 4.69) is 11.0 Å². The highest BCUT2D eigenvalue weighted by Gasteiger charge is 2.18. The third-order valence-corrected chi connectivity index (χ3v) is 3.54. The van der Waals surface area contributed by atoms with Crippen molar-refractivity contribution in [2.75, 3.05) is 30.9 Å². The van der Waals surface area contributed by atoms with Crippen molar-refractivity contribution in [2.24, 2.45) is 0 Å². The molecule has 1 aliphatic rings. The molecule has 4 nitrogen and oxygen atoms in total. The Bertz CT molecular complexity index is 613. The first-order valence-corrected chi connectivity index (χ1v) is 6.67. The van der Waals surface area contributed by atoms with E-state index in [-0.39, 0.29) is 0 Å². The maximum absolute atomic E-state index is 6.10. The molecule has 2 aromatic carbocycles. The number of hydrogen-bond donors (Lipinski definition) is 1. The molecular weight excluding hydrogens is 252 g/mol. The summed E-state index contributed by atoms with van der Waals surface area (Å²) in [5.74, 6) is 1.72. The van der Waals surface area contributed by atoms with Gasteiger partial charge in [0.1, 0.15) is 18.1 Å². The van der Waals surface area contributed by atoms with Gasteiger partial charge in [-0.05, 0) is 23.8 Å². The summed E-state index contributed by atoms with van der Waals surface area (Å²) in [7, 11) is 1.65. The van der Waals surface area contributed by atoms with E-state index in [0.717, 1.165) is 41.5 Å². The minimum absolute atomic E-state index is 0.701. The fourth-order valence-corrected chi connectivity index (χ4v) is 2.44. The second-order valence-corrected chi connectivity index (χ2v) is 4.80. The van der Waals surface area contributed by atoms with Crippen LogP contribution in [0.4, 0.5) is 11.4 Å². The highest BCUT2D eigenvalue weighted by molar-refractivity contribution is 5.61. The van der Waals surface area contributed by atoms with Crippen LogP contribution in [0.3, 0.4) is 0 Å². The predicted molar refractivity (Wildman–Crippen MR) is 80.4 cm³/mol. The van der Waals surface area contributed by atoms with Crippen LogP contribution in [0, 0.1) is 0 Å². The van der Waals surface area contributed by atoms with Crippen molar-refractivity contribution in [1.29, 1.82) is 0 Å². The Labute approximate surface area is 118 Å². The first-order valence-electron chi connectivity index (χ1n) is 6.67. The minimum atomic E-state index is 0.701. The summed E-state index contributed by atoms with van der Waals surface area (Å²) in [6, 6.07) is 13.9. The summed E-state index contributed by atoms with van der Waals surface area (Å²) in [6.45, 7) is 2.34. The van der Waals surface area contributed by atoms with Gasteiger partial charge in [-0.2, -0.15) is 0 Å². The first-order chi connectivity index (χ1) is 9.78. The van der Waals surface area contributed by atoms with Crippen molar-refractivity contribution in [3.8, 4) is 11.5 Å². The smallest absolute Gasteiger partial charge is 0.142 e. The van der Waals surface area contributed by atoms with Crippen LogP contribution in [0.25, 0.3) is 0 Å². The first kappa shape index (κ1) is 12.7. The average Bonchev–Trinajstić information content (AvgIpc) is 2.49. The van der Waals surface area contributed by atoms with Gasteiger partial charge in [0.05, 0.1) is 19.3 Å². The number of nitrogen functional groups attached to an aromatic ring is 1. The van der Waals surface area contributed by atoms with Gasteiger partial charge in [-0.3, -0.25) is 0 Å². The van der Waals surface area contributed by atoms with Gasteiger partial charge in [-0.15, -0.1) is 0 Å². The van der Waals surface area contributed by atoms with Crippen LogP contribution in [-0.4, -0.2) is 20.3 Å². The number of rotatable bonds is 3. The normalized spacial score (nSPS) is 13.6. The van der Waals surface area contributed by atoms with E-state index in [1.807, 2.05) is 36.4 Å². The van der Waals surface area contributed by atoms with Crippen molar-refractivity contribution in [3.63, 3.8) is 0 Å². The number of ether oxygens (including phenoxy) is 2. The fraction of sp³-hybridized carbons (Fsp3) is 0.250. The molecule has 0 bridgehead atoms. The van der Waals surface area contributed by atoms with Crippen molar-refractivity contribution in [3.05, 3.63) is 48.0 Å². The molecule has 4 heteroatoms. The third kappa shape index (κ3) is 2.37. The standard InChI is InChI=1S/C16H18N2O2/c1-19-13-7-6-12(14(17)10-13)11-18-8-9-20-16-5-3-2-4-15(16)18/h2-7,10H,8-9,11,17H2,1H3. The Kier molecular flexibility index (Phi) is 3.37. The van der Waals surface area contributed by atoms with Crippen LogP contribution >= 0.6 is 0 Å². The number of nitrogens with zero attached hydrogens (tertiary/aromatic N) is 1. The van der Waals surface area contributed by atoms with Gasteiger partial charge in [0.2, 0.25) is 0 Å². The fourth-order valence-electron chi connectivity index (χ4n) is 2.44. The second kappa shape index (κ2) is 5.33. The molecule has 1 heterocycles. The molecule has 0 fully saturated rings. The molecule has 104 valence electrons. The zero-order valence-electron chi connectivity index (χ0n) is 11.5. The Morgan fingerprint density at radius 3 is 2.90 bits per heavy atom. The van der Waals surface area contributed by atoms with E-state index in [1.165, 1.54) is 0 Å². The highest BCUT2D eigenvalue weighted by Crippen LogP contribution is 2.33. The molecule has 0 aromatic heterocycles. The van der Waals surface area contributed by atoms with Crippen molar-refractivity contribution in [2.45, 2.75) is 6.54 Å². The van der Waals surface area contributed by atoms with Gasteiger partial charge in [0.15, 0.2) is 0 Å². The van der Waals surface area contributed by atoms with Gasteiger partial charge < -0.3 is 20.1 Å². The van der Waals surface area contributed by atoms with Crippen LogP contribution in [0.1, 0.15) is 5.56 Å². The molecule has 0 saturated carbocycles. The maximum atomic E-state index is 6.10. The van der Waals surface area contributed by atoms with Crippen molar-refractivity contribution in [1.82, 2.24) is 0 Å². The van der Waals surface area contributed by atoms with E-state index in [4.69, 9.17) is 15.2 Å². The van der Waals surface area contributed by atoms with E-state index in [0.29, 0.717) is 6.61 Å². The highest BCUT2D eigenvalue weighted by atomic mass is 16.5. The number of nitrogens with two attached hydrogens (primary N) is 1. The molecule has 1 aliphatic heterocycles. The maximum Gasteiger partial charge on any atom is 0.142 e. The lowest BCUT2D eigenvalue weighted by Gasteiger charge is -2.31. The SMILES string of the molecule is COc1ccc(CN2CCOc3ccccc32)c(N)c1. The molecule has 0 radical (unpaired) electrons. The monoisotopic (exact) mass is 270 g/mol. The molecule has 20 heavy (non-hydrogen) atoms. The van der Waals surface area contributed by atoms with Crippen LogP contribution in [0.2, 0.25) is 0 Å². The molecular formula is C16H18N2O2. The molecule has 0 amide bonds. The molecule has 0 aliphatic carbocycles. The summed E-state index contributed by atoms with van der Waals surface area (Å²) in [5.41, 5.74) is 9.07. The van der Waals surface area contributed by atoms with Crippen LogP contribution < -0.4 is 20.1 Å². The largest absolute Gasteiger partial charge is 0.497 e. The van der Waals surface area contributed by atoms with Crippen LogP contribution in [0.5, 0.6) is 11.5 Å². The Balaban J connectivity index is 1.85. The number of benzene rings is 2. The molecule has 0 atom stereocenters. The number of hydrogen-bond acceptors (Lipinski definition) is 4. The van der Waals surface area contributed by atoms with E-state index in [9.17, 15) is 0 Å². The van der Waals surface area contributed by atoms with Crippen molar-refractivity contribution < 1.29 is 9.47 Å². The average molecular weight is 270 g/mol. The van der Waals surface area contributed by atoms with Gasteiger partial charge in [-0.1, -0.05) is 18.2 Å². The number of para-hydroxylation sites is 2. The third-order valence-electron chi connectivity index (χ3n) is 3.54. The summed E-state index contributed by atoms with van der Waals surface area (Å²) < 4.78 is 10.8. The topological polar surface area (TPSA) is 47.7 Å². The summed E-state index contributed by atoms with van der Waals surface area (Å²) in [4.78, 5) is 2.29. The van der Waals surface area contributed by atoms with Gasteiger partial charge in [0, 0.05) is 18.3 Å². The Morgan fingerprint density at radius 2 is 2.10 bits per heavy atom. The quantitative estimate of drug-likeness (QED) is 0.871. The number of fused-ring (bicyclic) bond motifs is 1. The lowest BCUT2D eigenvalue weighted by atomic mass is 10.1. The summed E-state index contributed by atoms with van der Waals surface area (Å²) >= 11 is 0. The lowest BCUT2D eigenvalue weighted by molar-refractivity contribution is 0.307. The van der Waals surface area contributed by atoms with E-state index < -0.39 is 0 Å². The molecule has 3 rings (SSSR count). The lowest BCUT2D eigenvalue weighted by Crippen LogP contribution is -2.32. The van der Waals surface area contributed by atoms with Crippen LogP contribution in [0.15, 0.2) is 42.5 Å². The van der Waals surface area contributed by atoms with Gasteiger partial charge in [-0.25, -0.2) is 0 Å².